The van der Waals surface area contributed by atoms with Crippen LogP contribution in [0.4, 0.5) is 0 Å². The molecule has 0 radical (unpaired) electrons. The first-order chi connectivity index (χ1) is 12.5. The number of carbonyl (C=O) groups is 2. The molecule has 1 amide bonds. The van der Waals surface area contributed by atoms with E-state index < -0.39 is 5.97 Å². The number of amides is 1. The van der Waals surface area contributed by atoms with Gasteiger partial charge in [-0.05, 0) is 69.0 Å². The molecule has 2 heterocycles. The summed E-state index contributed by atoms with van der Waals surface area (Å²) >= 11 is 0. The van der Waals surface area contributed by atoms with Crippen LogP contribution in [-0.4, -0.2) is 41.0 Å². The number of benzene rings is 1. The zero-order valence-electron chi connectivity index (χ0n) is 15.7. The van der Waals surface area contributed by atoms with Crippen molar-refractivity contribution < 1.29 is 14.3 Å². The minimum absolute atomic E-state index is 0.111. The molecule has 0 unspecified atom stereocenters. The molecule has 5 nitrogen and oxygen atoms in total. The summed E-state index contributed by atoms with van der Waals surface area (Å²) in [4.78, 5) is 26.2. The predicted octanol–water partition coefficient (Wildman–Crippen LogP) is 3.51. The summed E-state index contributed by atoms with van der Waals surface area (Å²) in [6.07, 6.45) is 2.16. The van der Waals surface area contributed by atoms with E-state index in [4.69, 9.17) is 4.74 Å². The van der Waals surface area contributed by atoms with Gasteiger partial charge in [-0.3, -0.25) is 4.79 Å². The highest BCUT2D eigenvalue weighted by Gasteiger charge is 2.22. The fraction of sp³-hybridized carbons (Fsp3) is 0.429. The van der Waals surface area contributed by atoms with Crippen molar-refractivity contribution in [1.29, 1.82) is 0 Å². The molecule has 2 aromatic rings. The first kappa shape index (κ1) is 18.2. The number of ether oxygens (including phenoxy) is 1. The molecule has 26 heavy (non-hydrogen) atoms. The Balaban J connectivity index is 1.59. The molecule has 1 fully saturated rings. The van der Waals surface area contributed by atoms with E-state index in [-0.39, 0.29) is 12.5 Å². The zero-order valence-corrected chi connectivity index (χ0v) is 15.7. The SMILES string of the molecule is Cc1ccc(C)n1-c1ccc(C(=O)OCC(=O)N2CCC[C@H](C)C2)cc1. The van der Waals surface area contributed by atoms with E-state index in [9.17, 15) is 9.59 Å². The van der Waals surface area contributed by atoms with E-state index in [0.717, 1.165) is 43.0 Å². The molecule has 1 aromatic carbocycles. The first-order valence-electron chi connectivity index (χ1n) is 9.16. The van der Waals surface area contributed by atoms with Crippen LogP contribution in [0, 0.1) is 19.8 Å². The largest absolute Gasteiger partial charge is 0.452 e. The molecule has 0 N–H and O–H groups in total. The summed E-state index contributed by atoms with van der Waals surface area (Å²) in [6.45, 7) is 7.54. The summed E-state index contributed by atoms with van der Waals surface area (Å²) in [7, 11) is 0. The number of likely N-dealkylation sites (tertiary alicyclic amines) is 1. The van der Waals surface area contributed by atoms with Gasteiger partial charge in [0.25, 0.3) is 5.91 Å². The van der Waals surface area contributed by atoms with Crippen LogP contribution in [0.2, 0.25) is 0 Å². The highest BCUT2D eigenvalue weighted by Crippen LogP contribution is 2.18. The lowest BCUT2D eigenvalue weighted by molar-refractivity contribution is -0.136. The van der Waals surface area contributed by atoms with Crippen molar-refractivity contribution in [2.24, 2.45) is 5.92 Å². The molecule has 1 atom stereocenters. The van der Waals surface area contributed by atoms with Gasteiger partial charge >= 0.3 is 5.97 Å². The van der Waals surface area contributed by atoms with Crippen molar-refractivity contribution in [2.75, 3.05) is 19.7 Å². The highest BCUT2D eigenvalue weighted by molar-refractivity contribution is 5.91. The van der Waals surface area contributed by atoms with Crippen LogP contribution in [0.3, 0.4) is 0 Å². The molecule has 138 valence electrons. The van der Waals surface area contributed by atoms with Gasteiger partial charge in [-0.2, -0.15) is 0 Å². The smallest absolute Gasteiger partial charge is 0.338 e. The van der Waals surface area contributed by atoms with Crippen LogP contribution >= 0.6 is 0 Å². The van der Waals surface area contributed by atoms with Crippen molar-refractivity contribution in [3.8, 4) is 5.69 Å². The van der Waals surface area contributed by atoms with Crippen LogP contribution in [0.5, 0.6) is 0 Å². The Kier molecular flexibility index (Phi) is 5.45. The molecule has 0 bridgehead atoms. The molecule has 0 saturated carbocycles. The Morgan fingerprint density at radius 2 is 1.73 bits per heavy atom. The molecule has 0 spiro atoms. The Morgan fingerprint density at radius 3 is 2.35 bits per heavy atom. The Morgan fingerprint density at radius 1 is 1.08 bits per heavy atom. The maximum absolute atomic E-state index is 12.2. The van der Waals surface area contributed by atoms with Gasteiger partial charge in [0.15, 0.2) is 6.61 Å². The van der Waals surface area contributed by atoms with E-state index in [1.165, 1.54) is 0 Å². The number of aryl methyl sites for hydroxylation is 2. The molecule has 1 aliphatic rings. The summed E-state index contributed by atoms with van der Waals surface area (Å²) in [5.74, 6) is -0.0624. The molecular weight excluding hydrogens is 328 g/mol. The van der Waals surface area contributed by atoms with Crippen molar-refractivity contribution in [3.05, 3.63) is 53.3 Å². The quantitative estimate of drug-likeness (QED) is 0.790. The summed E-state index contributed by atoms with van der Waals surface area (Å²) in [5.41, 5.74) is 3.73. The molecule has 1 saturated heterocycles. The van der Waals surface area contributed by atoms with Crippen LogP contribution in [0.25, 0.3) is 5.69 Å². The normalized spacial score (nSPS) is 17.2. The topological polar surface area (TPSA) is 51.5 Å². The van der Waals surface area contributed by atoms with Crippen molar-refractivity contribution in [2.45, 2.75) is 33.6 Å². The van der Waals surface area contributed by atoms with Crippen molar-refractivity contribution in [1.82, 2.24) is 9.47 Å². The number of rotatable bonds is 4. The number of esters is 1. The Labute approximate surface area is 154 Å². The molecule has 1 aliphatic heterocycles. The minimum atomic E-state index is -0.462. The summed E-state index contributed by atoms with van der Waals surface area (Å²) in [6, 6.07) is 11.4. The maximum Gasteiger partial charge on any atom is 0.338 e. The van der Waals surface area contributed by atoms with Crippen LogP contribution in [0.1, 0.15) is 41.5 Å². The standard InChI is InChI=1S/C21H26N2O3/c1-15-5-4-12-22(13-15)20(24)14-26-21(25)18-8-10-19(11-9-18)23-16(2)6-7-17(23)3/h6-11,15H,4-5,12-14H2,1-3H3/t15-/m0/s1. The second-order valence-electron chi connectivity index (χ2n) is 7.16. The average molecular weight is 354 g/mol. The molecule has 0 aliphatic carbocycles. The fourth-order valence-corrected chi connectivity index (χ4v) is 3.54. The molecule has 1 aromatic heterocycles. The number of hydrogen-bond acceptors (Lipinski definition) is 3. The zero-order chi connectivity index (χ0) is 18.7. The van der Waals surface area contributed by atoms with Gasteiger partial charge in [0, 0.05) is 30.2 Å². The van der Waals surface area contributed by atoms with Gasteiger partial charge in [-0.15, -0.1) is 0 Å². The van der Waals surface area contributed by atoms with Gasteiger partial charge in [0.1, 0.15) is 0 Å². The third kappa shape index (κ3) is 3.98. The van der Waals surface area contributed by atoms with Gasteiger partial charge in [-0.25, -0.2) is 4.79 Å². The monoisotopic (exact) mass is 354 g/mol. The molecular formula is C21H26N2O3. The fourth-order valence-electron chi connectivity index (χ4n) is 3.54. The lowest BCUT2D eigenvalue weighted by Gasteiger charge is -2.30. The van der Waals surface area contributed by atoms with E-state index in [1.54, 1.807) is 17.0 Å². The Bertz CT molecular complexity index is 773. The number of hydrogen-bond donors (Lipinski definition) is 0. The molecule has 3 rings (SSSR count). The summed E-state index contributed by atoms with van der Waals surface area (Å²) < 4.78 is 7.34. The third-order valence-corrected chi connectivity index (χ3v) is 4.97. The average Bonchev–Trinajstić information content (AvgIpc) is 2.98. The van der Waals surface area contributed by atoms with E-state index >= 15 is 0 Å². The van der Waals surface area contributed by atoms with Crippen LogP contribution in [-0.2, 0) is 9.53 Å². The number of carbonyl (C=O) groups excluding carboxylic acids is 2. The highest BCUT2D eigenvalue weighted by atomic mass is 16.5. The summed E-state index contributed by atoms with van der Waals surface area (Å²) in [5, 5.41) is 0. The van der Waals surface area contributed by atoms with Gasteiger partial charge < -0.3 is 14.2 Å². The van der Waals surface area contributed by atoms with E-state index in [1.807, 2.05) is 26.0 Å². The number of piperidine rings is 1. The predicted molar refractivity (Wildman–Crippen MR) is 101 cm³/mol. The van der Waals surface area contributed by atoms with Gasteiger partial charge in [0.2, 0.25) is 0 Å². The van der Waals surface area contributed by atoms with Crippen LogP contribution < -0.4 is 0 Å². The maximum atomic E-state index is 12.2. The third-order valence-electron chi connectivity index (χ3n) is 4.97. The van der Waals surface area contributed by atoms with Crippen LogP contribution in [0.15, 0.2) is 36.4 Å². The van der Waals surface area contributed by atoms with Crippen molar-refractivity contribution >= 4 is 11.9 Å². The van der Waals surface area contributed by atoms with Gasteiger partial charge in [0.05, 0.1) is 5.56 Å². The van der Waals surface area contributed by atoms with E-state index in [2.05, 4.69) is 23.6 Å². The van der Waals surface area contributed by atoms with E-state index in [0.29, 0.717) is 11.5 Å². The first-order valence-corrected chi connectivity index (χ1v) is 9.16. The second-order valence-corrected chi connectivity index (χ2v) is 7.16. The minimum Gasteiger partial charge on any atom is -0.452 e. The number of aromatic nitrogens is 1. The lowest BCUT2D eigenvalue weighted by atomic mass is 10.0. The Hall–Kier alpha value is -2.56. The number of nitrogens with zero attached hydrogens (tertiary/aromatic N) is 2. The second kappa shape index (κ2) is 7.77. The molecule has 5 heteroatoms. The van der Waals surface area contributed by atoms with Gasteiger partial charge in [-0.1, -0.05) is 6.92 Å². The lowest BCUT2D eigenvalue weighted by Crippen LogP contribution is -2.41. The van der Waals surface area contributed by atoms with Crippen molar-refractivity contribution in [3.63, 3.8) is 0 Å².